The zero-order valence-corrected chi connectivity index (χ0v) is 14.3. The van der Waals surface area contributed by atoms with E-state index < -0.39 is 0 Å². The molecule has 0 amide bonds. The topological polar surface area (TPSA) is 21.3 Å². The minimum absolute atomic E-state index is 0.477. The van der Waals surface area contributed by atoms with Crippen molar-refractivity contribution in [1.82, 2.24) is 5.32 Å². The first-order valence-electron chi connectivity index (χ1n) is 6.81. The number of nitrogens with one attached hydrogen (secondary N) is 1. The molecule has 0 unspecified atom stereocenters. The summed E-state index contributed by atoms with van der Waals surface area (Å²) >= 11 is 5.32. The molecule has 1 heterocycles. The molecule has 0 aliphatic heterocycles. The van der Waals surface area contributed by atoms with E-state index in [1.165, 1.54) is 11.1 Å². The summed E-state index contributed by atoms with van der Waals surface area (Å²) < 4.78 is 6.96. The molecule has 0 aliphatic carbocycles. The van der Waals surface area contributed by atoms with Crippen molar-refractivity contribution >= 4 is 27.3 Å². The monoisotopic (exact) mass is 353 g/mol. The maximum Gasteiger partial charge on any atom is 0.119 e. The van der Waals surface area contributed by atoms with Crippen LogP contribution in [0.4, 0.5) is 0 Å². The summed E-state index contributed by atoms with van der Waals surface area (Å²) in [6, 6.07) is 8.79. The standard InChI is InChI=1S/C16H20BrNOS/c1-12(2)18-10-14-9-15(3-4-16(14)17)19-7-5-13-6-8-20-11-13/h3-4,6,8-9,11-12,18H,5,7,10H2,1-2H3. The van der Waals surface area contributed by atoms with E-state index in [4.69, 9.17) is 4.74 Å². The van der Waals surface area contributed by atoms with Crippen LogP contribution >= 0.6 is 27.3 Å². The van der Waals surface area contributed by atoms with Gasteiger partial charge in [-0.2, -0.15) is 11.3 Å². The highest BCUT2D eigenvalue weighted by atomic mass is 79.9. The van der Waals surface area contributed by atoms with E-state index in [1.807, 2.05) is 6.07 Å². The quantitative estimate of drug-likeness (QED) is 0.783. The maximum atomic E-state index is 5.84. The SMILES string of the molecule is CC(C)NCc1cc(OCCc2ccsc2)ccc1Br. The van der Waals surface area contributed by atoms with Gasteiger partial charge >= 0.3 is 0 Å². The first-order chi connectivity index (χ1) is 9.65. The maximum absolute atomic E-state index is 5.84. The van der Waals surface area contributed by atoms with Crippen molar-refractivity contribution in [2.45, 2.75) is 32.9 Å². The van der Waals surface area contributed by atoms with Crippen LogP contribution < -0.4 is 10.1 Å². The predicted octanol–water partition coefficient (Wildman–Crippen LogP) is 4.63. The van der Waals surface area contributed by atoms with Crippen molar-refractivity contribution in [2.24, 2.45) is 0 Å². The summed E-state index contributed by atoms with van der Waals surface area (Å²) in [7, 11) is 0. The molecule has 0 saturated carbocycles. The van der Waals surface area contributed by atoms with Gasteiger partial charge in [0, 0.05) is 23.5 Å². The molecule has 4 heteroatoms. The van der Waals surface area contributed by atoms with Crippen LogP contribution in [0, 0.1) is 0 Å². The van der Waals surface area contributed by atoms with Crippen LogP contribution in [0.15, 0.2) is 39.5 Å². The summed E-state index contributed by atoms with van der Waals surface area (Å²) in [5.74, 6) is 0.934. The van der Waals surface area contributed by atoms with Crippen LogP contribution in [0.25, 0.3) is 0 Å². The second-order valence-electron chi connectivity index (χ2n) is 5.02. The molecule has 2 aromatic rings. The Hall–Kier alpha value is -0.840. The zero-order chi connectivity index (χ0) is 14.4. The summed E-state index contributed by atoms with van der Waals surface area (Å²) in [5.41, 5.74) is 2.57. The van der Waals surface area contributed by atoms with Crippen molar-refractivity contribution in [2.75, 3.05) is 6.61 Å². The lowest BCUT2D eigenvalue weighted by molar-refractivity contribution is 0.321. The highest BCUT2D eigenvalue weighted by Crippen LogP contribution is 2.23. The molecule has 108 valence electrons. The average Bonchev–Trinajstić information content (AvgIpc) is 2.92. The van der Waals surface area contributed by atoms with Crippen LogP contribution in [-0.2, 0) is 13.0 Å². The molecule has 2 rings (SSSR count). The number of hydrogen-bond acceptors (Lipinski definition) is 3. The lowest BCUT2D eigenvalue weighted by Crippen LogP contribution is -2.22. The molecule has 1 aromatic heterocycles. The third-order valence-corrected chi connectivity index (χ3v) is 4.46. The number of benzene rings is 1. The molecule has 0 radical (unpaired) electrons. The molecular formula is C16H20BrNOS. The van der Waals surface area contributed by atoms with Gasteiger partial charge in [0.2, 0.25) is 0 Å². The summed E-state index contributed by atoms with van der Waals surface area (Å²) in [6.07, 6.45) is 0.957. The Morgan fingerprint density at radius 3 is 2.85 bits per heavy atom. The van der Waals surface area contributed by atoms with Gasteiger partial charge in [-0.3, -0.25) is 0 Å². The third-order valence-electron chi connectivity index (χ3n) is 2.96. The van der Waals surface area contributed by atoms with E-state index in [2.05, 4.69) is 64.1 Å². The van der Waals surface area contributed by atoms with Crippen LogP contribution in [-0.4, -0.2) is 12.6 Å². The lowest BCUT2D eigenvalue weighted by atomic mass is 10.2. The Morgan fingerprint density at radius 2 is 2.15 bits per heavy atom. The molecule has 0 spiro atoms. The van der Waals surface area contributed by atoms with E-state index in [-0.39, 0.29) is 0 Å². The fraction of sp³-hybridized carbons (Fsp3) is 0.375. The molecule has 0 fully saturated rings. The Bertz CT molecular complexity index is 525. The number of ether oxygens (including phenoxy) is 1. The first kappa shape index (κ1) is 15.5. The molecule has 20 heavy (non-hydrogen) atoms. The van der Waals surface area contributed by atoms with E-state index >= 15 is 0 Å². The molecule has 0 bridgehead atoms. The van der Waals surface area contributed by atoms with E-state index in [0.29, 0.717) is 6.04 Å². The second-order valence-corrected chi connectivity index (χ2v) is 6.65. The Labute approximate surface area is 133 Å². The van der Waals surface area contributed by atoms with Gasteiger partial charge in [0.15, 0.2) is 0 Å². The van der Waals surface area contributed by atoms with Gasteiger partial charge in [-0.15, -0.1) is 0 Å². The minimum atomic E-state index is 0.477. The van der Waals surface area contributed by atoms with Crippen molar-refractivity contribution in [3.05, 3.63) is 50.6 Å². The average molecular weight is 354 g/mol. The molecule has 2 nitrogen and oxygen atoms in total. The molecule has 1 aromatic carbocycles. The van der Waals surface area contributed by atoms with Crippen LogP contribution in [0.2, 0.25) is 0 Å². The second kappa shape index (κ2) is 7.81. The normalized spacial score (nSPS) is 11.0. The largest absolute Gasteiger partial charge is 0.493 e. The van der Waals surface area contributed by atoms with E-state index in [9.17, 15) is 0 Å². The summed E-state index contributed by atoms with van der Waals surface area (Å²) in [5, 5.41) is 7.70. The van der Waals surface area contributed by atoms with Crippen LogP contribution in [0.1, 0.15) is 25.0 Å². The predicted molar refractivity (Wildman–Crippen MR) is 89.6 cm³/mol. The highest BCUT2D eigenvalue weighted by molar-refractivity contribution is 9.10. The minimum Gasteiger partial charge on any atom is -0.493 e. The summed E-state index contributed by atoms with van der Waals surface area (Å²) in [4.78, 5) is 0. The third kappa shape index (κ3) is 4.93. The first-order valence-corrected chi connectivity index (χ1v) is 8.54. The summed E-state index contributed by atoms with van der Waals surface area (Å²) in [6.45, 7) is 5.86. The number of rotatable bonds is 7. The number of thiophene rings is 1. The zero-order valence-electron chi connectivity index (χ0n) is 11.9. The van der Waals surface area contributed by atoms with Gasteiger partial charge in [-0.25, -0.2) is 0 Å². The smallest absolute Gasteiger partial charge is 0.119 e. The molecule has 0 atom stereocenters. The highest BCUT2D eigenvalue weighted by Gasteiger charge is 2.04. The number of halogens is 1. The van der Waals surface area contributed by atoms with Gasteiger partial charge in [-0.1, -0.05) is 29.8 Å². The molecule has 1 N–H and O–H groups in total. The van der Waals surface area contributed by atoms with E-state index in [1.54, 1.807) is 11.3 Å². The molecule has 0 saturated heterocycles. The fourth-order valence-electron chi connectivity index (χ4n) is 1.81. The number of hydrogen-bond donors (Lipinski definition) is 1. The van der Waals surface area contributed by atoms with Crippen molar-refractivity contribution in [3.63, 3.8) is 0 Å². The van der Waals surface area contributed by atoms with Crippen molar-refractivity contribution in [3.8, 4) is 5.75 Å². The molecule has 0 aliphatic rings. The van der Waals surface area contributed by atoms with Gasteiger partial charge in [0.25, 0.3) is 0 Å². The Morgan fingerprint density at radius 1 is 1.30 bits per heavy atom. The van der Waals surface area contributed by atoms with Crippen LogP contribution in [0.3, 0.4) is 0 Å². The van der Waals surface area contributed by atoms with Gasteiger partial charge in [0.05, 0.1) is 6.61 Å². The molecular weight excluding hydrogens is 334 g/mol. The van der Waals surface area contributed by atoms with Crippen molar-refractivity contribution < 1.29 is 4.74 Å². The Balaban J connectivity index is 1.89. The fourth-order valence-corrected chi connectivity index (χ4v) is 2.90. The lowest BCUT2D eigenvalue weighted by Gasteiger charge is -2.12. The van der Waals surface area contributed by atoms with Gasteiger partial charge < -0.3 is 10.1 Å². The van der Waals surface area contributed by atoms with Crippen molar-refractivity contribution in [1.29, 1.82) is 0 Å². The van der Waals surface area contributed by atoms with Gasteiger partial charge in [-0.05, 0) is 46.2 Å². The van der Waals surface area contributed by atoms with Gasteiger partial charge in [0.1, 0.15) is 5.75 Å². The van der Waals surface area contributed by atoms with Crippen LogP contribution in [0.5, 0.6) is 5.75 Å². The Kier molecular flexibility index (Phi) is 6.07. The van der Waals surface area contributed by atoms with E-state index in [0.717, 1.165) is 29.8 Å².